The van der Waals surface area contributed by atoms with Crippen molar-refractivity contribution < 1.29 is 23.4 Å². The van der Waals surface area contributed by atoms with Gasteiger partial charge in [0.1, 0.15) is 5.82 Å². The molecule has 2 aromatic rings. The third-order valence-electron chi connectivity index (χ3n) is 3.26. The van der Waals surface area contributed by atoms with E-state index in [2.05, 4.69) is 5.32 Å². The number of halogens is 1. The number of methoxy groups -OCH3 is 3. The molecular weight excluding hydrogens is 301 g/mol. The van der Waals surface area contributed by atoms with Gasteiger partial charge in [0.2, 0.25) is 5.75 Å². The van der Waals surface area contributed by atoms with E-state index in [4.69, 9.17) is 14.2 Å². The van der Waals surface area contributed by atoms with Gasteiger partial charge < -0.3 is 19.5 Å². The minimum absolute atomic E-state index is 0.242. The summed E-state index contributed by atoms with van der Waals surface area (Å²) in [4.78, 5) is 12.0. The average Bonchev–Trinajstić information content (AvgIpc) is 2.58. The number of carbonyl (C=O) groups is 1. The summed E-state index contributed by atoms with van der Waals surface area (Å²) in [5, 5.41) is 2.73. The van der Waals surface area contributed by atoms with Gasteiger partial charge in [-0.15, -0.1) is 0 Å². The molecule has 0 aliphatic rings. The maximum absolute atomic E-state index is 13.1. The predicted octanol–water partition coefficient (Wildman–Crippen LogP) is 2.78. The van der Waals surface area contributed by atoms with E-state index in [0.29, 0.717) is 17.2 Å². The van der Waals surface area contributed by atoms with Gasteiger partial charge in [-0.2, -0.15) is 0 Å². The molecule has 0 spiro atoms. The molecule has 23 heavy (non-hydrogen) atoms. The van der Waals surface area contributed by atoms with Crippen LogP contribution < -0.4 is 19.5 Å². The van der Waals surface area contributed by atoms with Crippen molar-refractivity contribution in [3.8, 4) is 17.2 Å². The van der Waals surface area contributed by atoms with Crippen LogP contribution in [0.5, 0.6) is 17.2 Å². The van der Waals surface area contributed by atoms with Crippen LogP contribution in [0.4, 0.5) is 4.39 Å². The lowest BCUT2D eigenvalue weighted by atomic mass is 10.1. The lowest BCUT2D eigenvalue weighted by Crippen LogP contribution is -2.22. The number of amides is 1. The molecule has 6 heteroatoms. The van der Waals surface area contributed by atoms with Crippen molar-refractivity contribution >= 4 is 5.91 Å². The first kappa shape index (κ1) is 16.6. The minimum atomic E-state index is -0.453. The van der Waals surface area contributed by atoms with E-state index in [-0.39, 0.29) is 18.0 Å². The van der Waals surface area contributed by atoms with Crippen LogP contribution in [0.3, 0.4) is 0 Å². The molecule has 1 amide bonds. The fourth-order valence-electron chi connectivity index (χ4n) is 2.15. The molecule has 0 radical (unpaired) electrons. The summed E-state index contributed by atoms with van der Waals surface area (Å²) >= 11 is 0. The van der Waals surface area contributed by atoms with Crippen LogP contribution in [-0.2, 0) is 6.54 Å². The topological polar surface area (TPSA) is 56.8 Å². The second-order valence-electron chi connectivity index (χ2n) is 4.73. The van der Waals surface area contributed by atoms with E-state index in [1.807, 2.05) is 0 Å². The normalized spacial score (nSPS) is 10.1. The van der Waals surface area contributed by atoms with Crippen LogP contribution in [0.2, 0.25) is 0 Å². The van der Waals surface area contributed by atoms with E-state index in [1.165, 1.54) is 39.5 Å². The summed E-state index contributed by atoms with van der Waals surface area (Å²) in [6.07, 6.45) is 0. The third-order valence-corrected chi connectivity index (χ3v) is 3.26. The Morgan fingerprint density at radius 1 is 1.04 bits per heavy atom. The van der Waals surface area contributed by atoms with Crippen LogP contribution in [-0.4, -0.2) is 27.2 Å². The van der Waals surface area contributed by atoms with Gasteiger partial charge in [-0.25, -0.2) is 4.39 Å². The Labute approximate surface area is 134 Å². The first-order valence-electron chi connectivity index (χ1n) is 6.91. The molecule has 0 saturated carbocycles. The van der Waals surface area contributed by atoms with Crippen LogP contribution in [0.1, 0.15) is 15.9 Å². The van der Waals surface area contributed by atoms with Gasteiger partial charge in [-0.1, -0.05) is 6.07 Å². The van der Waals surface area contributed by atoms with Crippen molar-refractivity contribution in [2.75, 3.05) is 21.3 Å². The van der Waals surface area contributed by atoms with Crippen molar-refractivity contribution in [1.29, 1.82) is 0 Å². The molecular formula is C17H18FNO4. The van der Waals surface area contributed by atoms with Gasteiger partial charge in [-0.05, 0) is 35.9 Å². The molecule has 5 nitrogen and oxygen atoms in total. The van der Waals surface area contributed by atoms with Gasteiger partial charge in [-0.3, -0.25) is 4.79 Å². The predicted molar refractivity (Wildman–Crippen MR) is 83.7 cm³/mol. The molecule has 0 atom stereocenters. The number of ether oxygens (including phenoxy) is 3. The lowest BCUT2D eigenvalue weighted by molar-refractivity contribution is 0.0950. The summed E-state index contributed by atoms with van der Waals surface area (Å²) in [5.74, 6) is 0.669. The summed E-state index contributed by atoms with van der Waals surface area (Å²) in [5.41, 5.74) is 1.03. The van der Waals surface area contributed by atoms with Gasteiger partial charge in [0.05, 0.1) is 21.3 Å². The second kappa shape index (κ2) is 7.49. The van der Waals surface area contributed by atoms with E-state index < -0.39 is 5.82 Å². The molecule has 0 fully saturated rings. The fraction of sp³-hybridized carbons (Fsp3) is 0.235. The molecule has 0 saturated heterocycles. The monoisotopic (exact) mass is 319 g/mol. The molecule has 0 bridgehead atoms. The number of carbonyl (C=O) groups excluding carboxylic acids is 1. The zero-order valence-corrected chi connectivity index (χ0v) is 13.2. The van der Waals surface area contributed by atoms with E-state index in [0.717, 1.165) is 5.56 Å². The smallest absolute Gasteiger partial charge is 0.251 e. The quantitative estimate of drug-likeness (QED) is 0.889. The van der Waals surface area contributed by atoms with Gasteiger partial charge in [0, 0.05) is 12.1 Å². The van der Waals surface area contributed by atoms with Crippen molar-refractivity contribution in [2.24, 2.45) is 0 Å². The third kappa shape index (κ3) is 3.91. The van der Waals surface area contributed by atoms with Crippen molar-refractivity contribution in [1.82, 2.24) is 5.32 Å². The van der Waals surface area contributed by atoms with Gasteiger partial charge in [0.25, 0.3) is 5.91 Å². The molecule has 0 aromatic heterocycles. The Kier molecular flexibility index (Phi) is 5.41. The Morgan fingerprint density at radius 3 is 2.22 bits per heavy atom. The first-order chi connectivity index (χ1) is 11.1. The number of hydrogen-bond acceptors (Lipinski definition) is 4. The Balaban J connectivity index is 2.15. The highest BCUT2D eigenvalue weighted by molar-refractivity contribution is 5.94. The standard InChI is InChI=1S/C17H18FNO4/c1-21-14-7-11(8-15(22-2)16(14)23-3)10-19-17(20)12-5-4-6-13(18)9-12/h4-9H,10H2,1-3H3,(H,19,20). The first-order valence-corrected chi connectivity index (χ1v) is 6.91. The minimum Gasteiger partial charge on any atom is -0.493 e. The summed E-state index contributed by atoms with van der Waals surface area (Å²) in [6.45, 7) is 0.242. The van der Waals surface area contributed by atoms with Crippen LogP contribution in [0.25, 0.3) is 0 Å². The number of rotatable bonds is 6. The van der Waals surface area contributed by atoms with Crippen molar-refractivity contribution in [3.63, 3.8) is 0 Å². The molecule has 0 aliphatic carbocycles. The highest BCUT2D eigenvalue weighted by atomic mass is 19.1. The van der Waals surface area contributed by atoms with Crippen molar-refractivity contribution in [3.05, 3.63) is 53.3 Å². The largest absolute Gasteiger partial charge is 0.493 e. The van der Waals surface area contributed by atoms with Crippen LogP contribution in [0.15, 0.2) is 36.4 Å². The van der Waals surface area contributed by atoms with E-state index >= 15 is 0 Å². The maximum Gasteiger partial charge on any atom is 0.251 e. The van der Waals surface area contributed by atoms with Gasteiger partial charge in [0.15, 0.2) is 11.5 Å². The molecule has 0 heterocycles. The summed E-state index contributed by atoms with van der Waals surface area (Å²) < 4.78 is 28.9. The molecule has 0 unspecified atom stereocenters. The Morgan fingerprint density at radius 2 is 1.70 bits per heavy atom. The van der Waals surface area contributed by atoms with Gasteiger partial charge >= 0.3 is 0 Å². The highest BCUT2D eigenvalue weighted by Gasteiger charge is 2.14. The fourth-order valence-corrected chi connectivity index (χ4v) is 2.15. The molecule has 2 rings (SSSR count). The number of benzene rings is 2. The van der Waals surface area contributed by atoms with E-state index in [9.17, 15) is 9.18 Å². The number of hydrogen-bond donors (Lipinski definition) is 1. The number of nitrogens with one attached hydrogen (secondary N) is 1. The SMILES string of the molecule is COc1cc(CNC(=O)c2cccc(F)c2)cc(OC)c1OC. The summed E-state index contributed by atoms with van der Waals surface area (Å²) in [6, 6.07) is 9.00. The average molecular weight is 319 g/mol. The highest BCUT2D eigenvalue weighted by Crippen LogP contribution is 2.38. The summed E-state index contributed by atoms with van der Waals surface area (Å²) in [7, 11) is 4.56. The molecule has 0 aliphatic heterocycles. The zero-order valence-electron chi connectivity index (χ0n) is 13.2. The molecule has 122 valence electrons. The lowest BCUT2D eigenvalue weighted by Gasteiger charge is -2.14. The molecule has 2 aromatic carbocycles. The van der Waals surface area contributed by atoms with Crippen LogP contribution >= 0.6 is 0 Å². The van der Waals surface area contributed by atoms with Crippen molar-refractivity contribution in [2.45, 2.75) is 6.54 Å². The Hall–Kier alpha value is -2.76. The second-order valence-corrected chi connectivity index (χ2v) is 4.73. The zero-order chi connectivity index (χ0) is 16.8. The molecule has 1 N–H and O–H groups in total. The van der Waals surface area contributed by atoms with E-state index in [1.54, 1.807) is 18.2 Å². The maximum atomic E-state index is 13.1. The van der Waals surface area contributed by atoms with Crippen LogP contribution in [0, 0.1) is 5.82 Å². The Bertz CT molecular complexity index is 678.